The number of rotatable bonds is 8. The lowest BCUT2D eigenvalue weighted by molar-refractivity contribution is 0.0994. The van der Waals surface area contributed by atoms with Crippen molar-refractivity contribution in [3.05, 3.63) is 89.4 Å². The Kier molecular flexibility index (Phi) is 6.06. The molecule has 0 unspecified atom stereocenters. The van der Waals surface area contributed by atoms with Crippen LogP contribution >= 0.6 is 0 Å². The minimum absolute atomic E-state index is 0.0580. The Labute approximate surface area is 179 Å². The Morgan fingerprint density at radius 1 is 1.03 bits per heavy atom. The number of carbonyl (C=O) groups excluding carboxylic acids is 1. The summed E-state index contributed by atoms with van der Waals surface area (Å²) in [6.45, 7) is 0.206. The second kappa shape index (κ2) is 9.08. The average Bonchev–Trinajstić information content (AvgIpc) is 3.49. The van der Waals surface area contributed by atoms with Gasteiger partial charge in [0.15, 0.2) is 5.76 Å². The largest absolute Gasteiger partial charge is 0.454 e. The van der Waals surface area contributed by atoms with Gasteiger partial charge in [-0.25, -0.2) is 17.6 Å². The molecule has 1 aromatic carbocycles. The molecule has 32 heavy (non-hydrogen) atoms. The quantitative estimate of drug-likeness (QED) is 0.390. The van der Waals surface area contributed by atoms with Gasteiger partial charge in [0.1, 0.15) is 17.1 Å². The normalized spacial score (nSPS) is 11.4. The van der Waals surface area contributed by atoms with Crippen molar-refractivity contribution in [2.75, 3.05) is 5.32 Å². The van der Waals surface area contributed by atoms with Crippen LogP contribution in [0.5, 0.6) is 0 Å². The highest BCUT2D eigenvalue weighted by atomic mass is 19.3. The van der Waals surface area contributed by atoms with Crippen molar-refractivity contribution in [2.24, 2.45) is 0 Å². The van der Waals surface area contributed by atoms with E-state index in [9.17, 15) is 22.4 Å². The second-order valence-corrected chi connectivity index (χ2v) is 6.88. The Hall–Kier alpha value is -3.89. The summed E-state index contributed by atoms with van der Waals surface area (Å²) >= 11 is 0. The number of halogens is 4. The van der Waals surface area contributed by atoms with Gasteiger partial charge in [0, 0.05) is 18.1 Å². The number of furan rings is 1. The Morgan fingerprint density at radius 2 is 1.88 bits per heavy atom. The minimum Gasteiger partial charge on any atom is -0.454 e. The van der Waals surface area contributed by atoms with Gasteiger partial charge in [0.2, 0.25) is 0 Å². The van der Waals surface area contributed by atoms with E-state index in [1.54, 1.807) is 29.1 Å². The van der Waals surface area contributed by atoms with E-state index in [0.29, 0.717) is 18.3 Å². The molecular weight excluding hydrogens is 430 g/mol. The number of amides is 1. The third-order valence-corrected chi connectivity index (χ3v) is 4.56. The number of benzene rings is 1. The van der Waals surface area contributed by atoms with Crippen LogP contribution in [0.3, 0.4) is 0 Å². The fourth-order valence-electron chi connectivity index (χ4n) is 3.11. The summed E-state index contributed by atoms with van der Waals surface area (Å²) in [6, 6.07) is 12.4. The van der Waals surface area contributed by atoms with Crippen LogP contribution in [0.4, 0.5) is 23.2 Å². The van der Waals surface area contributed by atoms with Crippen molar-refractivity contribution in [2.45, 2.75) is 25.9 Å². The van der Waals surface area contributed by atoms with Crippen LogP contribution in [-0.4, -0.2) is 25.5 Å². The molecule has 11 heteroatoms. The van der Waals surface area contributed by atoms with Gasteiger partial charge in [-0.3, -0.25) is 14.2 Å². The maximum Gasteiger partial charge on any atom is 0.291 e. The molecule has 0 spiro atoms. The molecule has 3 heterocycles. The summed E-state index contributed by atoms with van der Waals surface area (Å²) in [4.78, 5) is 12.5. The van der Waals surface area contributed by atoms with Crippen LogP contribution in [0, 0.1) is 0 Å². The molecule has 0 bridgehead atoms. The molecule has 7 nitrogen and oxygen atoms in total. The summed E-state index contributed by atoms with van der Waals surface area (Å²) in [5.74, 6) is -0.485. The first kappa shape index (κ1) is 21.3. The van der Waals surface area contributed by atoms with E-state index in [0.717, 1.165) is 10.2 Å². The Bertz CT molecular complexity index is 1200. The zero-order chi connectivity index (χ0) is 22.7. The van der Waals surface area contributed by atoms with Gasteiger partial charge >= 0.3 is 0 Å². The average molecular weight is 447 g/mol. The molecule has 3 aromatic heterocycles. The van der Waals surface area contributed by atoms with Crippen LogP contribution in [0.2, 0.25) is 0 Å². The summed E-state index contributed by atoms with van der Waals surface area (Å²) < 4.78 is 59.8. The fraction of sp³-hybridized carbons (Fsp3) is 0.190. The molecule has 0 fully saturated rings. The van der Waals surface area contributed by atoms with Gasteiger partial charge in [0.05, 0.1) is 13.1 Å². The first-order valence-corrected chi connectivity index (χ1v) is 9.49. The number of nitrogens with zero attached hydrogens (tertiary/aromatic N) is 4. The van der Waals surface area contributed by atoms with Crippen molar-refractivity contribution >= 4 is 11.6 Å². The molecule has 0 saturated heterocycles. The number of nitrogens with one attached hydrogen (secondary N) is 1. The number of aromatic nitrogens is 4. The topological polar surface area (TPSA) is 77.9 Å². The molecule has 166 valence electrons. The number of hydrogen-bond donors (Lipinski definition) is 1. The molecule has 0 aliphatic heterocycles. The van der Waals surface area contributed by atoms with Crippen LogP contribution < -0.4 is 5.32 Å². The van der Waals surface area contributed by atoms with E-state index < -0.39 is 30.1 Å². The van der Waals surface area contributed by atoms with Crippen molar-refractivity contribution in [1.82, 2.24) is 19.6 Å². The van der Waals surface area contributed by atoms with Crippen molar-refractivity contribution < 1.29 is 26.8 Å². The molecule has 0 radical (unpaired) electrons. The van der Waals surface area contributed by atoms with Gasteiger partial charge in [-0.2, -0.15) is 10.2 Å². The number of anilines is 1. The molecule has 1 N–H and O–H groups in total. The third-order valence-electron chi connectivity index (χ3n) is 4.56. The van der Waals surface area contributed by atoms with Crippen LogP contribution in [0.25, 0.3) is 0 Å². The van der Waals surface area contributed by atoms with Crippen molar-refractivity contribution in [3.63, 3.8) is 0 Å². The van der Waals surface area contributed by atoms with Crippen LogP contribution in [0.1, 0.15) is 46.1 Å². The van der Waals surface area contributed by atoms with E-state index in [1.807, 2.05) is 18.3 Å². The van der Waals surface area contributed by atoms with E-state index in [4.69, 9.17) is 4.42 Å². The summed E-state index contributed by atoms with van der Waals surface area (Å²) in [6.07, 6.45) is -2.47. The van der Waals surface area contributed by atoms with Crippen molar-refractivity contribution in [1.29, 1.82) is 0 Å². The molecule has 4 aromatic rings. The molecule has 0 aliphatic rings. The van der Waals surface area contributed by atoms with Crippen molar-refractivity contribution in [3.8, 4) is 0 Å². The highest BCUT2D eigenvalue weighted by Gasteiger charge is 2.22. The number of carbonyl (C=O) groups is 1. The third kappa shape index (κ3) is 4.88. The van der Waals surface area contributed by atoms with Gasteiger partial charge in [-0.15, -0.1) is 0 Å². The molecule has 0 atom stereocenters. The maximum absolute atomic E-state index is 13.1. The Balaban J connectivity index is 1.44. The number of hydrogen-bond acceptors (Lipinski definition) is 4. The zero-order valence-electron chi connectivity index (χ0n) is 16.5. The van der Waals surface area contributed by atoms with Gasteiger partial charge < -0.3 is 9.73 Å². The van der Waals surface area contributed by atoms with Crippen LogP contribution in [0.15, 0.2) is 65.3 Å². The lowest BCUT2D eigenvalue weighted by Gasteiger charge is -2.07. The van der Waals surface area contributed by atoms with Crippen LogP contribution in [-0.2, 0) is 13.1 Å². The number of alkyl halides is 4. The molecular formula is C21H17F4N5O2. The molecule has 1 amide bonds. The van der Waals surface area contributed by atoms with E-state index >= 15 is 0 Å². The maximum atomic E-state index is 13.1. The lowest BCUT2D eigenvalue weighted by Crippen LogP contribution is -2.11. The van der Waals surface area contributed by atoms with Gasteiger partial charge in [0.25, 0.3) is 18.8 Å². The SMILES string of the molecule is O=C(Nc1cccc(Cn2cccn2)c1)c1ccc(Cn2nc(C(F)F)cc2C(F)F)o1. The standard InChI is InChI=1S/C21H17F4N5O2/c22-19(23)16-10-17(20(24)25)30(28-16)12-15-5-6-18(32-15)21(31)27-14-4-1-3-13(9-14)11-29-8-2-7-26-29/h1-10,19-20H,11-12H2,(H,27,31). The lowest BCUT2D eigenvalue weighted by atomic mass is 10.2. The van der Waals surface area contributed by atoms with Gasteiger partial charge in [-0.05, 0) is 42.0 Å². The van der Waals surface area contributed by atoms with Gasteiger partial charge in [-0.1, -0.05) is 12.1 Å². The minimum atomic E-state index is -2.98. The van der Waals surface area contributed by atoms with E-state index in [-0.39, 0.29) is 18.1 Å². The zero-order valence-corrected chi connectivity index (χ0v) is 16.5. The molecule has 0 saturated carbocycles. The monoisotopic (exact) mass is 447 g/mol. The second-order valence-electron chi connectivity index (χ2n) is 6.88. The summed E-state index contributed by atoms with van der Waals surface area (Å²) in [5.41, 5.74) is 0.0439. The molecule has 4 rings (SSSR count). The predicted molar refractivity (Wildman–Crippen MR) is 106 cm³/mol. The summed E-state index contributed by atoms with van der Waals surface area (Å²) in [7, 11) is 0. The highest BCUT2D eigenvalue weighted by Crippen LogP contribution is 2.26. The van der Waals surface area contributed by atoms with E-state index in [1.165, 1.54) is 12.1 Å². The fourth-order valence-corrected chi connectivity index (χ4v) is 3.11. The Morgan fingerprint density at radius 3 is 2.59 bits per heavy atom. The first-order chi connectivity index (χ1) is 15.4. The van der Waals surface area contributed by atoms with E-state index in [2.05, 4.69) is 15.5 Å². The smallest absolute Gasteiger partial charge is 0.291 e. The molecule has 0 aliphatic carbocycles. The predicted octanol–water partition coefficient (Wildman–Crippen LogP) is 4.90. The highest BCUT2D eigenvalue weighted by molar-refractivity contribution is 6.02. The summed E-state index contributed by atoms with van der Waals surface area (Å²) in [5, 5.41) is 10.3. The first-order valence-electron chi connectivity index (χ1n) is 9.49.